The largest absolute Gasteiger partial charge is 0.459 e. The number of rotatable bonds is 9. The maximum Gasteiger partial charge on any atom is 0.417 e. The van der Waals surface area contributed by atoms with E-state index >= 15 is 0 Å². The number of benzene rings is 2. The third-order valence-electron chi connectivity index (χ3n) is 7.64. The maximum atomic E-state index is 14.1. The molecule has 0 N–H and O–H groups in total. The highest BCUT2D eigenvalue weighted by Gasteiger charge is 2.49. The van der Waals surface area contributed by atoms with Crippen molar-refractivity contribution in [3.8, 4) is 16.2 Å². The van der Waals surface area contributed by atoms with Gasteiger partial charge in [0.25, 0.3) is 0 Å². The van der Waals surface area contributed by atoms with Gasteiger partial charge in [-0.05, 0) is 73.7 Å². The Hall–Kier alpha value is -2.58. The highest BCUT2D eigenvalue weighted by molar-refractivity contribution is 7.22. The SMILES string of the molecule is CN(CCC(C)(C)OC(=O)C(C)(CC(C)(C)C)C(C)(C)C)Oc1ccc(-c2cc3ccccc3s2)c(C(F)(F)F)c1. The van der Waals surface area contributed by atoms with E-state index in [0.29, 0.717) is 24.3 Å². The van der Waals surface area contributed by atoms with E-state index in [1.54, 1.807) is 19.2 Å². The van der Waals surface area contributed by atoms with E-state index in [2.05, 4.69) is 41.5 Å². The molecule has 0 spiro atoms. The first-order valence-corrected chi connectivity index (χ1v) is 14.8. The summed E-state index contributed by atoms with van der Waals surface area (Å²) in [5.74, 6) is -0.162. The second-order valence-corrected chi connectivity index (χ2v) is 15.1. The molecule has 8 heteroatoms. The van der Waals surface area contributed by atoms with Crippen LogP contribution in [0.15, 0.2) is 48.5 Å². The molecule has 0 fully saturated rings. The van der Waals surface area contributed by atoms with Gasteiger partial charge in [0, 0.05) is 35.2 Å². The van der Waals surface area contributed by atoms with Gasteiger partial charge in [-0.2, -0.15) is 13.2 Å². The lowest BCUT2D eigenvalue weighted by molar-refractivity contribution is -0.180. The van der Waals surface area contributed by atoms with Crippen LogP contribution in [0.1, 0.15) is 80.7 Å². The van der Waals surface area contributed by atoms with E-state index in [1.165, 1.54) is 22.5 Å². The highest BCUT2D eigenvalue weighted by Crippen LogP contribution is 2.48. The van der Waals surface area contributed by atoms with Crippen LogP contribution in [0, 0.1) is 16.2 Å². The van der Waals surface area contributed by atoms with Gasteiger partial charge in [-0.3, -0.25) is 4.79 Å². The Kier molecular flexibility index (Phi) is 9.31. The number of halogens is 3. The van der Waals surface area contributed by atoms with Gasteiger partial charge in [-0.1, -0.05) is 59.7 Å². The number of fused-ring (bicyclic) bond motifs is 1. The minimum atomic E-state index is -4.55. The standard InChI is InChI=1S/C33H44F3NO3S/c1-29(2,3)21-32(9,30(4,5)6)28(38)39-31(7,8)17-18-37(10)40-23-15-16-24(25(20-23)33(34,35)36)27-19-22-13-11-12-14-26(22)41-27/h11-16,19-20H,17-18,21H2,1-10H3. The topological polar surface area (TPSA) is 38.8 Å². The summed E-state index contributed by atoms with van der Waals surface area (Å²) in [5, 5.41) is 2.38. The molecule has 1 atom stereocenters. The molecule has 0 aliphatic rings. The van der Waals surface area contributed by atoms with Gasteiger partial charge < -0.3 is 9.57 Å². The average molecular weight is 592 g/mol. The predicted octanol–water partition coefficient (Wildman–Crippen LogP) is 10.0. The first-order chi connectivity index (χ1) is 18.6. The number of carbonyl (C=O) groups excluding carboxylic acids is 1. The fraction of sp³-hybridized carbons (Fsp3) is 0.545. The molecule has 0 aliphatic carbocycles. The van der Waals surface area contributed by atoms with Crippen molar-refractivity contribution in [3.05, 3.63) is 54.1 Å². The van der Waals surface area contributed by atoms with E-state index < -0.39 is 22.8 Å². The first kappa shape index (κ1) is 32.9. The van der Waals surface area contributed by atoms with Gasteiger partial charge in [-0.25, -0.2) is 0 Å². The van der Waals surface area contributed by atoms with Crippen LogP contribution >= 0.6 is 11.3 Å². The number of carbonyl (C=O) groups is 1. The number of hydrogen-bond donors (Lipinski definition) is 0. The molecular weight excluding hydrogens is 547 g/mol. The van der Waals surface area contributed by atoms with Gasteiger partial charge in [-0.15, -0.1) is 16.4 Å². The number of esters is 1. The second kappa shape index (κ2) is 11.6. The first-order valence-electron chi connectivity index (χ1n) is 13.9. The molecule has 1 unspecified atom stereocenters. The molecule has 0 saturated carbocycles. The minimum Gasteiger partial charge on any atom is -0.459 e. The number of ether oxygens (including phenoxy) is 1. The van der Waals surface area contributed by atoms with E-state index in [4.69, 9.17) is 9.57 Å². The summed E-state index contributed by atoms with van der Waals surface area (Å²) in [5.41, 5.74) is -2.51. The molecule has 3 aromatic rings. The lowest BCUT2D eigenvalue weighted by Crippen LogP contribution is -2.47. The molecule has 1 aromatic heterocycles. The van der Waals surface area contributed by atoms with Crippen LogP contribution in [-0.4, -0.2) is 30.2 Å². The Morgan fingerprint density at radius 2 is 1.54 bits per heavy atom. The van der Waals surface area contributed by atoms with Crippen LogP contribution in [0.25, 0.3) is 20.5 Å². The fourth-order valence-corrected chi connectivity index (χ4v) is 6.02. The molecule has 41 heavy (non-hydrogen) atoms. The molecule has 4 nitrogen and oxygen atoms in total. The van der Waals surface area contributed by atoms with E-state index in [0.717, 1.165) is 16.2 Å². The Morgan fingerprint density at radius 1 is 0.902 bits per heavy atom. The van der Waals surface area contributed by atoms with Gasteiger partial charge >= 0.3 is 12.1 Å². The zero-order valence-corrected chi connectivity index (χ0v) is 26.8. The monoisotopic (exact) mass is 591 g/mol. The van der Waals surface area contributed by atoms with Crippen LogP contribution in [0.2, 0.25) is 0 Å². The highest BCUT2D eigenvalue weighted by atomic mass is 32.1. The van der Waals surface area contributed by atoms with Crippen molar-refractivity contribution in [1.29, 1.82) is 0 Å². The quantitative estimate of drug-likeness (QED) is 0.183. The molecule has 3 rings (SSSR count). The molecule has 0 amide bonds. The second-order valence-electron chi connectivity index (χ2n) is 14.0. The third kappa shape index (κ3) is 8.25. The van der Waals surface area contributed by atoms with Crippen LogP contribution in [0.3, 0.4) is 0 Å². The van der Waals surface area contributed by atoms with Crippen LogP contribution in [-0.2, 0) is 15.7 Å². The molecule has 0 aliphatic heterocycles. The third-order valence-corrected chi connectivity index (χ3v) is 8.79. The minimum absolute atomic E-state index is 0.0684. The Bertz CT molecular complexity index is 1330. The zero-order chi connectivity index (χ0) is 31.0. The predicted molar refractivity (Wildman–Crippen MR) is 162 cm³/mol. The van der Waals surface area contributed by atoms with Gasteiger partial charge in [0.1, 0.15) is 11.4 Å². The molecule has 1 heterocycles. The smallest absolute Gasteiger partial charge is 0.417 e. The van der Waals surface area contributed by atoms with Crippen molar-refractivity contribution < 1.29 is 27.5 Å². The van der Waals surface area contributed by atoms with Crippen molar-refractivity contribution in [2.45, 2.75) is 86.9 Å². The molecular formula is C33H44F3NO3S. The van der Waals surface area contributed by atoms with Crippen molar-refractivity contribution in [2.24, 2.45) is 16.2 Å². The fourth-order valence-electron chi connectivity index (χ4n) is 4.92. The van der Waals surface area contributed by atoms with Crippen LogP contribution in [0.4, 0.5) is 13.2 Å². The number of alkyl halides is 3. The van der Waals surface area contributed by atoms with Gasteiger partial charge in [0.15, 0.2) is 0 Å². The summed E-state index contributed by atoms with van der Waals surface area (Å²) in [4.78, 5) is 19.8. The van der Waals surface area contributed by atoms with E-state index in [1.807, 2.05) is 45.0 Å². The number of nitrogens with zero attached hydrogens (tertiary/aromatic N) is 1. The summed E-state index contributed by atoms with van der Waals surface area (Å²) in [6.45, 7) is 18.5. The molecule has 0 saturated heterocycles. The van der Waals surface area contributed by atoms with Crippen molar-refractivity contribution >= 4 is 27.4 Å². The van der Waals surface area contributed by atoms with Crippen LogP contribution < -0.4 is 4.84 Å². The summed E-state index contributed by atoms with van der Waals surface area (Å²) in [6.07, 6.45) is -3.45. The Balaban J connectivity index is 1.72. The Morgan fingerprint density at radius 3 is 2.10 bits per heavy atom. The Labute approximate surface area is 246 Å². The number of hydrogen-bond acceptors (Lipinski definition) is 5. The van der Waals surface area contributed by atoms with Gasteiger partial charge in [0.2, 0.25) is 0 Å². The average Bonchev–Trinajstić information content (AvgIpc) is 3.24. The zero-order valence-electron chi connectivity index (χ0n) is 26.0. The van der Waals surface area contributed by atoms with E-state index in [-0.39, 0.29) is 28.1 Å². The molecule has 2 aromatic carbocycles. The molecule has 0 radical (unpaired) electrons. The summed E-state index contributed by atoms with van der Waals surface area (Å²) in [7, 11) is 1.66. The summed E-state index contributed by atoms with van der Waals surface area (Å²) in [6, 6.07) is 13.4. The van der Waals surface area contributed by atoms with Crippen molar-refractivity contribution in [2.75, 3.05) is 13.6 Å². The lowest BCUT2D eigenvalue weighted by atomic mass is 9.61. The molecule has 0 bridgehead atoms. The number of hydroxylamine groups is 2. The summed E-state index contributed by atoms with van der Waals surface area (Å²) < 4.78 is 49.3. The summed E-state index contributed by atoms with van der Waals surface area (Å²) >= 11 is 1.33. The van der Waals surface area contributed by atoms with Crippen molar-refractivity contribution in [1.82, 2.24) is 5.06 Å². The maximum absolute atomic E-state index is 14.1. The normalized spacial score (nSPS) is 14.8. The van der Waals surface area contributed by atoms with Crippen LogP contribution in [0.5, 0.6) is 5.75 Å². The van der Waals surface area contributed by atoms with Crippen molar-refractivity contribution in [3.63, 3.8) is 0 Å². The lowest BCUT2D eigenvalue weighted by Gasteiger charge is -2.45. The van der Waals surface area contributed by atoms with E-state index in [9.17, 15) is 18.0 Å². The van der Waals surface area contributed by atoms with Gasteiger partial charge in [0.05, 0.1) is 11.0 Å². The number of thiophene rings is 1. The molecule has 226 valence electrons.